The predicted octanol–water partition coefficient (Wildman–Crippen LogP) is 2.23. The first-order valence-electron chi connectivity index (χ1n) is 5.84. The van der Waals surface area contributed by atoms with Gasteiger partial charge in [-0.05, 0) is 49.2 Å². The molecule has 0 radical (unpaired) electrons. The van der Waals surface area contributed by atoms with E-state index in [-0.39, 0.29) is 0 Å². The van der Waals surface area contributed by atoms with Gasteiger partial charge in [0, 0.05) is 12.1 Å². The highest BCUT2D eigenvalue weighted by atomic mass is 16.5. The summed E-state index contributed by atoms with van der Waals surface area (Å²) in [6.07, 6.45) is 0. The topological polar surface area (TPSA) is 61.0 Å². The Morgan fingerprint density at radius 2 is 1.83 bits per heavy atom. The summed E-state index contributed by atoms with van der Waals surface area (Å²) in [5.74, 6) is 0.813. The van der Waals surface area contributed by atoms with Gasteiger partial charge in [0.25, 0.3) is 0 Å². The number of aromatic nitrogens is 2. The fourth-order valence-electron chi connectivity index (χ4n) is 1.77. The molecular weight excluding hydrogens is 226 g/mol. The number of nitrogens with zero attached hydrogens (tertiary/aromatic N) is 2. The minimum atomic E-state index is 0.400. The summed E-state index contributed by atoms with van der Waals surface area (Å²) < 4.78 is 5.40. The van der Waals surface area contributed by atoms with Crippen LogP contribution in [0.25, 0.3) is 11.3 Å². The minimum Gasteiger partial charge on any atom is -0.496 e. The van der Waals surface area contributed by atoms with Crippen molar-refractivity contribution in [3.8, 4) is 17.0 Å². The van der Waals surface area contributed by atoms with Crippen LogP contribution in [0.5, 0.6) is 5.75 Å². The maximum absolute atomic E-state index is 5.51. The zero-order valence-electron chi connectivity index (χ0n) is 10.9. The number of nitrogens with two attached hydrogens (primary N) is 1. The maximum atomic E-state index is 5.51. The van der Waals surface area contributed by atoms with Crippen LogP contribution in [0.1, 0.15) is 16.8 Å². The normalized spacial score (nSPS) is 10.4. The van der Waals surface area contributed by atoms with Gasteiger partial charge in [-0.3, -0.25) is 0 Å². The van der Waals surface area contributed by atoms with Crippen molar-refractivity contribution in [1.29, 1.82) is 0 Å². The van der Waals surface area contributed by atoms with Crippen molar-refractivity contribution in [2.45, 2.75) is 20.4 Å². The SMILES string of the molecule is COc1cc(C)c(C)cc1-c1ccc(CN)nn1. The largest absolute Gasteiger partial charge is 0.496 e. The molecule has 4 heteroatoms. The third-order valence-corrected chi connectivity index (χ3v) is 3.02. The van der Waals surface area contributed by atoms with Crippen molar-refractivity contribution in [2.75, 3.05) is 7.11 Å². The third kappa shape index (κ3) is 2.33. The van der Waals surface area contributed by atoms with Gasteiger partial charge < -0.3 is 10.5 Å². The van der Waals surface area contributed by atoms with E-state index in [2.05, 4.69) is 30.1 Å². The van der Waals surface area contributed by atoms with E-state index in [1.807, 2.05) is 18.2 Å². The van der Waals surface area contributed by atoms with Gasteiger partial charge in [0.1, 0.15) is 5.75 Å². The highest BCUT2D eigenvalue weighted by molar-refractivity contribution is 5.68. The smallest absolute Gasteiger partial charge is 0.128 e. The number of methoxy groups -OCH3 is 1. The van der Waals surface area contributed by atoms with Gasteiger partial charge >= 0.3 is 0 Å². The molecule has 18 heavy (non-hydrogen) atoms. The van der Waals surface area contributed by atoms with Crippen LogP contribution >= 0.6 is 0 Å². The summed E-state index contributed by atoms with van der Waals surface area (Å²) in [5.41, 5.74) is 10.4. The molecule has 0 saturated carbocycles. The molecule has 2 rings (SSSR count). The van der Waals surface area contributed by atoms with Gasteiger partial charge in [0.2, 0.25) is 0 Å². The number of aryl methyl sites for hydroxylation is 2. The molecule has 4 nitrogen and oxygen atoms in total. The van der Waals surface area contributed by atoms with Gasteiger partial charge in [-0.1, -0.05) is 0 Å². The first-order valence-corrected chi connectivity index (χ1v) is 5.84. The second-order valence-corrected chi connectivity index (χ2v) is 4.25. The Labute approximate surface area is 107 Å². The van der Waals surface area contributed by atoms with Crippen molar-refractivity contribution >= 4 is 0 Å². The van der Waals surface area contributed by atoms with Crippen LogP contribution in [-0.2, 0) is 6.54 Å². The number of hydrogen-bond acceptors (Lipinski definition) is 4. The van der Waals surface area contributed by atoms with Crippen molar-refractivity contribution < 1.29 is 4.74 Å². The molecule has 0 saturated heterocycles. The van der Waals surface area contributed by atoms with E-state index in [4.69, 9.17) is 10.5 Å². The van der Waals surface area contributed by atoms with Gasteiger partial charge in [0.05, 0.1) is 18.5 Å². The molecule has 1 aromatic heterocycles. The van der Waals surface area contributed by atoms with E-state index < -0.39 is 0 Å². The Morgan fingerprint density at radius 3 is 2.39 bits per heavy atom. The lowest BCUT2D eigenvalue weighted by molar-refractivity contribution is 0.416. The van der Waals surface area contributed by atoms with Gasteiger partial charge in [-0.2, -0.15) is 10.2 Å². The minimum absolute atomic E-state index is 0.400. The van der Waals surface area contributed by atoms with Crippen LogP contribution in [0.3, 0.4) is 0 Å². The highest BCUT2D eigenvalue weighted by Gasteiger charge is 2.10. The van der Waals surface area contributed by atoms with E-state index in [0.29, 0.717) is 6.54 Å². The van der Waals surface area contributed by atoms with Crippen molar-refractivity contribution in [3.63, 3.8) is 0 Å². The lowest BCUT2D eigenvalue weighted by Gasteiger charge is -2.11. The van der Waals surface area contributed by atoms with Crippen LogP contribution < -0.4 is 10.5 Å². The summed E-state index contributed by atoms with van der Waals surface area (Å²) in [6, 6.07) is 7.89. The molecule has 0 aliphatic rings. The quantitative estimate of drug-likeness (QED) is 0.898. The molecule has 94 valence electrons. The van der Waals surface area contributed by atoms with Crippen LogP contribution in [0.15, 0.2) is 24.3 Å². The molecule has 2 aromatic rings. The Kier molecular flexibility index (Phi) is 3.58. The first-order chi connectivity index (χ1) is 8.65. The van der Waals surface area contributed by atoms with Crippen LogP contribution in [-0.4, -0.2) is 17.3 Å². The Balaban J connectivity index is 2.51. The van der Waals surface area contributed by atoms with E-state index >= 15 is 0 Å². The molecule has 0 amide bonds. The molecule has 0 fully saturated rings. The van der Waals surface area contributed by atoms with Gasteiger partial charge in [-0.15, -0.1) is 0 Å². The van der Waals surface area contributed by atoms with Crippen LogP contribution in [0, 0.1) is 13.8 Å². The van der Waals surface area contributed by atoms with E-state index in [1.54, 1.807) is 7.11 Å². The molecular formula is C14H17N3O. The molecule has 0 spiro atoms. The van der Waals surface area contributed by atoms with Crippen molar-refractivity contribution in [3.05, 3.63) is 41.1 Å². The first kappa shape index (κ1) is 12.5. The average Bonchev–Trinajstić information content (AvgIpc) is 2.41. The van der Waals surface area contributed by atoms with Crippen LogP contribution in [0.2, 0.25) is 0 Å². The molecule has 1 aromatic carbocycles. The van der Waals surface area contributed by atoms with E-state index in [1.165, 1.54) is 11.1 Å². The van der Waals surface area contributed by atoms with E-state index in [0.717, 1.165) is 22.7 Å². The van der Waals surface area contributed by atoms with Crippen LogP contribution in [0.4, 0.5) is 0 Å². The number of ether oxygens (including phenoxy) is 1. The molecule has 0 atom stereocenters. The lowest BCUT2D eigenvalue weighted by Crippen LogP contribution is -2.02. The zero-order valence-corrected chi connectivity index (χ0v) is 10.9. The summed E-state index contributed by atoms with van der Waals surface area (Å²) in [4.78, 5) is 0. The Morgan fingerprint density at radius 1 is 1.11 bits per heavy atom. The number of benzene rings is 1. The zero-order chi connectivity index (χ0) is 13.1. The summed E-state index contributed by atoms with van der Waals surface area (Å²) in [7, 11) is 1.66. The monoisotopic (exact) mass is 243 g/mol. The highest BCUT2D eigenvalue weighted by Crippen LogP contribution is 2.31. The van der Waals surface area contributed by atoms with Gasteiger partial charge in [0.15, 0.2) is 0 Å². The molecule has 2 N–H and O–H groups in total. The summed E-state index contributed by atoms with van der Waals surface area (Å²) in [6.45, 7) is 4.53. The maximum Gasteiger partial charge on any atom is 0.128 e. The van der Waals surface area contributed by atoms with Crippen molar-refractivity contribution in [1.82, 2.24) is 10.2 Å². The molecule has 0 aliphatic carbocycles. The summed E-state index contributed by atoms with van der Waals surface area (Å²) in [5, 5.41) is 8.26. The molecule has 0 bridgehead atoms. The number of hydrogen-bond donors (Lipinski definition) is 1. The lowest BCUT2D eigenvalue weighted by atomic mass is 10.0. The van der Waals surface area contributed by atoms with E-state index in [9.17, 15) is 0 Å². The second-order valence-electron chi connectivity index (χ2n) is 4.25. The molecule has 0 aliphatic heterocycles. The Bertz CT molecular complexity index is 550. The van der Waals surface area contributed by atoms with Crippen molar-refractivity contribution in [2.24, 2.45) is 5.73 Å². The third-order valence-electron chi connectivity index (χ3n) is 3.02. The standard InChI is InChI=1S/C14H17N3O/c1-9-6-12(14(18-3)7-10(9)2)13-5-4-11(8-15)16-17-13/h4-7H,8,15H2,1-3H3. The summed E-state index contributed by atoms with van der Waals surface area (Å²) >= 11 is 0. The fraction of sp³-hybridized carbons (Fsp3) is 0.286. The Hall–Kier alpha value is -1.94. The molecule has 1 heterocycles. The predicted molar refractivity (Wildman–Crippen MR) is 71.4 cm³/mol. The molecule has 0 unspecified atom stereocenters. The second kappa shape index (κ2) is 5.14. The van der Waals surface area contributed by atoms with Gasteiger partial charge in [-0.25, -0.2) is 0 Å². The number of rotatable bonds is 3. The average molecular weight is 243 g/mol. The fourth-order valence-corrected chi connectivity index (χ4v) is 1.77.